The molecule has 116 valence electrons. The van der Waals surface area contributed by atoms with Crippen molar-refractivity contribution in [3.8, 4) is 35.5 Å². The average molecular weight is 300 g/mol. The summed E-state index contributed by atoms with van der Waals surface area (Å²) in [4.78, 5) is 0. The highest BCUT2D eigenvalue weighted by atomic mass is 31.0. The van der Waals surface area contributed by atoms with Crippen LogP contribution in [0.1, 0.15) is 49.0 Å². The first-order valence-electron chi connectivity index (χ1n) is 5.84. The van der Waals surface area contributed by atoms with E-state index in [-0.39, 0.29) is 13.5 Å². The van der Waals surface area contributed by atoms with Gasteiger partial charge < -0.3 is 14.7 Å². The molecule has 0 amide bonds. The van der Waals surface area contributed by atoms with Gasteiger partial charge in [0.1, 0.15) is 18.3 Å². The summed E-state index contributed by atoms with van der Waals surface area (Å²) in [6, 6.07) is 0. The first-order chi connectivity index (χ1) is 8.85. The van der Waals surface area contributed by atoms with Crippen LogP contribution in [0.5, 0.6) is 0 Å². The zero-order valence-corrected chi connectivity index (χ0v) is 13.8. The van der Waals surface area contributed by atoms with Crippen LogP contribution >= 0.6 is 9.47 Å². The van der Waals surface area contributed by atoms with Gasteiger partial charge in [-0.25, -0.2) is 0 Å². The standard InChI is InChI=1S/C5H9OP.2C5H8O.CH4/c1-3-4-5(2)6-7;2*1-3-4-5(2)6;/h5H,7H2,1-2H3;2*5-6H,1-2H3;1H4/t2*5-;;/m11../s1. The molecule has 0 aliphatic rings. The Bertz CT molecular complexity index is 332. The molecule has 0 aromatic heterocycles. The van der Waals surface area contributed by atoms with Gasteiger partial charge in [-0.1, -0.05) is 25.2 Å². The molecule has 0 rings (SSSR count). The van der Waals surface area contributed by atoms with Gasteiger partial charge in [0.05, 0.1) is 0 Å². The number of aliphatic hydroxyl groups is 2. The normalized spacial score (nSPS) is 11.2. The molecule has 2 unspecified atom stereocenters. The Labute approximate surface area is 127 Å². The lowest BCUT2D eigenvalue weighted by molar-refractivity contribution is 0.253. The van der Waals surface area contributed by atoms with Gasteiger partial charge in [-0.2, -0.15) is 0 Å². The van der Waals surface area contributed by atoms with Gasteiger partial charge in [0.15, 0.2) is 0 Å². The summed E-state index contributed by atoms with van der Waals surface area (Å²) in [7, 11) is 2.17. The van der Waals surface area contributed by atoms with Gasteiger partial charge in [0.25, 0.3) is 0 Å². The van der Waals surface area contributed by atoms with Gasteiger partial charge in [-0.3, -0.25) is 0 Å². The van der Waals surface area contributed by atoms with E-state index in [1.54, 1.807) is 34.6 Å². The molecule has 0 aromatic rings. The van der Waals surface area contributed by atoms with Crippen LogP contribution in [0.2, 0.25) is 0 Å². The smallest absolute Gasteiger partial charge is 0.118 e. The highest BCUT2D eigenvalue weighted by molar-refractivity contribution is 7.09. The van der Waals surface area contributed by atoms with E-state index in [1.807, 2.05) is 6.92 Å². The average Bonchev–Trinajstić information content (AvgIpc) is 2.30. The van der Waals surface area contributed by atoms with Crippen molar-refractivity contribution in [2.45, 2.75) is 67.3 Å². The van der Waals surface area contributed by atoms with E-state index in [2.05, 4.69) is 45.0 Å². The highest BCUT2D eigenvalue weighted by Gasteiger charge is 1.85. The summed E-state index contributed by atoms with van der Waals surface area (Å²) in [5, 5.41) is 16.8. The topological polar surface area (TPSA) is 49.7 Å². The minimum Gasteiger partial charge on any atom is -0.381 e. The van der Waals surface area contributed by atoms with Gasteiger partial charge >= 0.3 is 0 Å². The predicted molar refractivity (Wildman–Crippen MR) is 90.7 cm³/mol. The highest BCUT2D eigenvalue weighted by Crippen LogP contribution is 1.92. The first-order valence-corrected chi connectivity index (χ1v) is 6.31. The van der Waals surface area contributed by atoms with Crippen LogP contribution in [0.15, 0.2) is 0 Å². The Morgan fingerprint density at radius 1 is 0.800 bits per heavy atom. The van der Waals surface area contributed by atoms with Crippen molar-refractivity contribution >= 4 is 9.47 Å². The Morgan fingerprint density at radius 2 is 1.10 bits per heavy atom. The maximum absolute atomic E-state index is 8.38. The second kappa shape index (κ2) is 23.1. The first kappa shape index (κ1) is 27.4. The van der Waals surface area contributed by atoms with Crippen LogP contribution in [-0.4, -0.2) is 28.5 Å². The lowest BCUT2D eigenvalue weighted by Crippen LogP contribution is -1.93. The zero-order valence-electron chi connectivity index (χ0n) is 12.6. The van der Waals surface area contributed by atoms with E-state index in [9.17, 15) is 0 Å². The Kier molecular flexibility index (Phi) is 31.6. The Hall–Kier alpha value is -1.01. The van der Waals surface area contributed by atoms with Gasteiger partial charge in [0.2, 0.25) is 0 Å². The molecule has 0 radical (unpaired) electrons. The fraction of sp³-hybridized carbons (Fsp3) is 0.625. The molecule has 2 N–H and O–H groups in total. The molecule has 0 bridgehead atoms. The summed E-state index contributed by atoms with van der Waals surface area (Å²) in [6.07, 6.45) is -0.875. The zero-order chi connectivity index (χ0) is 15.7. The summed E-state index contributed by atoms with van der Waals surface area (Å²) in [5.74, 6) is 15.7. The second-order valence-corrected chi connectivity index (χ2v) is 3.59. The number of rotatable bonds is 1. The van der Waals surface area contributed by atoms with Crippen molar-refractivity contribution in [1.29, 1.82) is 0 Å². The fourth-order valence-corrected chi connectivity index (χ4v) is 0.723. The van der Waals surface area contributed by atoms with Gasteiger partial charge in [-0.05, 0) is 41.5 Å². The van der Waals surface area contributed by atoms with Crippen LogP contribution in [0.4, 0.5) is 0 Å². The van der Waals surface area contributed by atoms with E-state index in [0.717, 1.165) is 0 Å². The van der Waals surface area contributed by atoms with E-state index in [0.29, 0.717) is 0 Å². The lowest BCUT2D eigenvalue weighted by atomic mass is 10.4. The molecule has 4 heteroatoms. The van der Waals surface area contributed by atoms with Crippen molar-refractivity contribution in [1.82, 2.24) is 0 Å². The number of hydrogen-bond acceptors (Lipinski definition) is 3. The van der Waals surface area contributed by atoms with Crippen molar-refractivity contribution in [2.24, 2.45) is 0 Å². The Morgan fingerprint density at radius 3 is 1.15 bits per heavy atom. The van der Waals surface area contributed by atoms with Crippen LogP contribution < -0.4 is 0 Å². The molecule has 0 aromatic carbocycles. The third-order valence-corrected chi connectivity index (χ3v) is 1.67. The molecule has 0 saturated heterocycles. The summed E-state index contributed by atoms with van der Waals surface area (Å²) >= 11 is 0. The van der Waals surface area contributed by atoms with E-state index < -0.39 is 12.2 Å². The van der Waals surface area contributed by atoms with Crippen LogP contribution in [0, 0.1) is 35.5 Å². The van der Waals surface area contributed by atoms with E-state index in [1.165, 1.54) is 0 Å². The third-order valence-electron chi connectivity index (χ3n) is 1.26. The molecular formula is C16H29O3P. The monoisotopic (exact) mass is 300 g/mol. The molecular weight excluding hydrogens is 271 g/mol. The maximum Gasteiger partial charge on any atom is 0.118 e. The molecule has 20 heavy (non-hydrogen) atoms. The van der Waals surface area contributed by atoms with Crippen LogP contribution in [0.3, 0.4) is 0 Å². The molecule has 0 fully saturated rings. The summed E-state index contributed by atoms with van der Waals surface area (Å²) in [5.41, 5.74) is 0. The predicted octanol–water partition coefficient (Wildman–Crippen LogP) is 2.62. The van der Waals surface area contributed by atoms with Crippen molar-refractivity contribution in [3.05, 3.63) is 0 Å². The van der Waals surface area contributed by atoms with Crippen molar-refractivity contribution < 1.29 is 14.7 Å². The lowest BCUT2D eigenvalue weighted by Gasteiger charge is -1.94. The van der Waals surface area contributed by atoms with Crippen LogP contribution in [-0.2, 0) is 4.52 Å². The molecule has 0 saturated carbocycles. The van der Waals surface area contributed by atoms with Gasteiger partial charge in [-0.15, -0.1) is 17.8 Å². The maximum atomic E-state index is 8.38. The molecule has 0 aliphatic heterocycles. The molecule has 3 nitrogen and oxygen atoms in total. The van der Waals surface area contributed by atoms with Crippen LogP contribution in [0.25, 0.3) is 0 Å². The third kappa shape index (κ3) is 43.5. The summed E-state index contributed by atoms with van der Waals surface area (Å²) < 4.78 is 4.73. The largest absolute Gasteiger partial charge is 0.381 e. The summed E-state index contributed by atoms with van der Waals surface area (Å²) in [6.45, 7) is 10.4. The fourth-order valence-electron chi connectivity index (χ4n) is 0.655. The number of hydrogen-bond donors (Lipinski definition) is 2. The number of aliphatic hydroxyl groups excluding tert-OH is 2. The second-order valence-electron chi connectivity index (χ2n) is 3.31. The quantitative estimate of drug-likeness (QED) is 0.578. The van der Waals surface area contributed by atoms with Crippen molar-refractivity contribution in [3.63, 3.8) is 0 Å². The van der Waals surface area contributed by atoms with E-state index in [4.69, 9.17) is 14.7 Å². The van der Waals surface area contributed by atoms with Crippen molar-refractivity contribution in [2.75, 3.05) is 0 Å². The molecule has 4 atom stereocenters. The Balaban J connectivity index is -0.0000000941. The molecule has 0 heterocycles. The molecule has 0 aliphatic carbocycles. The molecule has 0 spiro atoms. The minimum absolute atomic E-state index is 0. The minimum atomic E-state index is -0.463. The van der Waals surface area contributed by atoms with E-state index >= 15 is 0 Å². The van der Waals surface area contributed by atoms with Gasteiger partial charge in [0, 0.05) is 9.47 Å². The SMILES string of the molecule is C.CC#CC(C)O.CC#C[C@@H](C)O.CC#C[C@@H](C)OP.